The molecule has 0 aromatic heterocycles. The quantitative estimate of drug-likeness (QED) is 0.571. The van der Waals surface area contributed by atoms with Gasteiger partial charge in [-0.3, -0.25) is 9.35 Å². The van der Waals surface area contributed by atoms with Gasteiger partial charge in [0.05, 0.1) is 11.3 Å². The lowest BCUT2D eigenvalue weighted by molar-refractivity contribution is -0.139. The van der Waals surface area contributed by atoms with Gasteiger partial charge in [-0.25, -0.2) is 0 Å². The predicted octanol–water partition coefficient (Wildman–Crippen LogP) is 2.69. The zero-order chi connectivity index (χ0) is 17.3. The van der Waals surface area contributed by atoms with E-state index in [1.807, 2.05) is 0 Å². The maximum atomic E-state index is 10.7. The number of rotatable bonds is 4. The molecule has 1 fully saturated rings. The fourth-order valence-electron chi connectivity index (χ4n) is 2.84. The Labute approximate surface area is 137 Å². The largest absolute Gasteiger partial charge is 0.481 e. The lowest BCUT2D eigenvalue weighted by Gasteiger charge is -2.29. The summed E-state index contributed by atoms with van der Waals surface area (Å²) in [5.74, 6) is -0.702. The van der Waals surface area contributed by atoms with Gasteiger partial charge >= 0.3 is 5.97 Å². The van der Waals surface area contributed by atoms with Crippen LogP contribution in [0.3, 0.4) is 0 Å². The van der Waals surface area contributed by atoms with E-state index in [4.69, 9.17) is 15.4 Å². The SMILES string of the molecule is NCC1(CC(=O)O)CCCCCC1.O=S(=O)(O)c1ccccc1. The van der Waals surface area contributed by atoms with Gasteiger partial charge in [-0.1, -0.05) is 43.9 Å². The van der Waals surface area contributed by atoms with Crippen molar-refractivity contribution in [2.24, 2.45) is 11.1 Å². The Bertz CT molecular complexity index is 578. The average molecular weight is 343 g/mol. The van der Waals surface area contributed by atoms with Crippen molar-refractivity contribution >= 4 is 16.1 Å². The Balaban J connectivity index is 0.000000238. The van der Waals surface area contributed by atoms with Gasteiger partial charge in [-0.15, -0.1) is 0 Å². The summed E-state index contributed by atoms with van der Waals surface area (Å²) in [7, 11) is -4.00. The highest BCUT2D eigenvalue weighted by Gasteiger charge is 2.31. The molecule has 0 atom stereocenters. The summed E-state index contributed by atoms with van der Waals surface area (Å²) in [4.78, 5) is 10.6. The maximum absolute atomic E-state index is 10.7. The number of hydrogen-bond donors (Lipinski definition) is 3. The van der Waals surface area contributed by atoms with E-state index in [0.29, 0.717) is 6.54 Å². The van der Waals surface area contributed by atoms with Crippen molar-refractivity contribution in [3.05, 3.63) is 30.3 Å². The highest BCUT2D eigenvalue weighted by molar-refractivity contribution is 7.85. The van der Waals surface area contributed by atoms with Crippen LogP contribution in [0.4, 0.5) is 0 Å². The highest BCUT2D eigenvalue weighted by atomic mass is 32.2. The number of aliphatic carboxylic acids is 1. The molecule has 1 saturated carbocycles. The van der Waals surface area contributed by atoms with E-state index in [2.05, 4.69) is 0 Å². The first kappa shape index (κ1) is 19.6. The van der Waals surface area contributed by atoms with E-state index in [1.165, 1.54) is 25.0 Å². The summed E-state index contributed by atoms with van der Waals surface area (Å²) in [5.41, 5.74) is 5.60. The summed E-state index contributed by atoms with van der Waals surface area (Å²) in [6.07, 6.45) is 7.01. The van der Waals surface area contributed by atoms with Gasteiger partial charge in [0.2, 0.25) is 0 Å². The molecular weight excluding hydrogens is 318 g/mol. The van der Waals surface area contributed by atoms with E-state index in [-0.39, 0.29) is 16.7 Å². The summed E-state index contributed by atoms with van der Waals surface area (Å²) >= 11 is 0. The molecule has 7 heteroatoms. The van der Waals surface area contributed by atoms with Crippen LogP contribution in [0.1, 0.15) is 44.9 Å². The fourth-order valence-corrected chi connectivity index (χ4v) is 3.35. The van der Waals surface area contributed by atoms with Crippen LogP contribution in [0.5, 0.6) is 0 Å². The minimum Gasteiger partial charge on any atom is -0.481 e. The van der Waals surface area contributed by atoms with Crippen molar-refractivity contribution in [1.29, 1.82) is 0 Å². The number of carboxylic acid groups (broad SMARTS) is 1. The van der Waals surface area contributed by atoms with E-state index in [9.17, 15) is 13.2 Å². The standard InChI is InChI=1S/C10H19NO2.C6H6O3S/c11-8-10(7-9(12)13)5-3-1-2-4-6-10;7-10(8,9)6-4-2-1-3-5-6/h1-8,11H2,(H,12,13);1-5H,(H,7,8,9). The van der Waals surface area contributed by atoms with Crippen molar-refractivity contribution < 1.29 is 22.9 Å². The van der Waals surface area contributed by atoms with Crippen LogP contribution in [0.15, 0.2) is 35.2 Å². The van der Waals surface area contributed by atoms with E-state index >= 15 is 0 Å². The first-order chi connectivity index (χ1) is 10.8. The maximum Gasteiger partial charge on any atom is 0.303 e. The Hall–Kier alpha value is -1.44. The van der Waals surface area contributed by atoms with Crippen LogP contribution in [0.2, 0.25) is 0 Å². The molecule has 0 unspecified atom stereocenters. The van der Waals surface area contributed by atoms with Crippen molar-refractivity contribution in [1.82, 2.24) is 0 Å². The van der Waals surface area contributed by atoms with E-state index < -0.39 is 16.1 Å². The third-order valence-corrected chi connectivity index (χ3v) is 5.03. The van der Waals surface area contributed by atoms with E-state index in [0.717, 1.165) is 25.7 Å². The molecule has 0 bridgehead atoms. The topological polar surface area (TPSA) is 118 Å². The molecule has 1 aromatic rings. The molecular formula is C16H25NO5S. The zero-order valence-corrected chi connectivity index (χ0v) is 14.0. The van der Waals surface area contributed by atoms with Crippen LogP contribution >= 0.6 is 0 Å². The smallest absolute Gasteiger partial charge is 0.303 e. The van der Waals surface area contributed by atoms with E-state index in [1.54, 1.807) is 18.2 Å². The minimum atomic E-state index is -4.00. The lowest BCUT2D eigenvalue weighted by Crippen LogP contribution is -2.32. The van der Waals surface area contributed by atoms with Crippen molar-refractivity contribution in [3.8, 4) is 0 Å². The summed E-state index contributed by atoms with van der Waals surface area (Å²) < 4.78 is 29.2. The Kier molecular flexibility index (Phi) is 7.67. The number of hydrogen-bond acceptors (Lipinski definition) is 4. The zero-order valence-electron chi connectivity index (χ0n) is 13.1. The van der Waals surface area contributed by atoms with Gasteiger partial charge in [-0.2, -0.15) is 8.42 Å². The Morgan fingerprint density at radius 2 is 1.61 bits per heavy atom. The summed E-state index contributed by atoms with van der Waals surface area (Å²) in [6, 6.07) is 7.42. The molecule has 1 aliphatic carbocycles. The summed E-state index contributed by atoms with van der Waals surface area (Å²) in [5, 5.41) is 8.80. The lowest BCUT2D eigenvalue weighted by atomic mass is 9.77. The second-order valence-corrected chi connectivity index (χ2v) is 7.40. The van der Waals surface area contributed by atoms with Gasteiger partial charge < -0.3 is 10.8 Å². The van der Waals surface area contributed by atoms with Crippen LogP contribution in [-0.4, -0.2) is 30.6 Å². The molecule has 1 aromatic carbocycles. The number of carboxylic acids is 1. The van der Waals surface area contributed by atoms with Gasteiger partial charge in [0.15, 0.2) is 0 Å². The van der Waals surface area contributed by atoms with Crippen LogP contribution in [-0.2, 0) is 14.9 Å². The van der Waals surface area contributed by atoms with Crippen molar-refractivity contribution in [2.45, 2.75) is 49.8 Å². The minimum absolute atomic E-state index is 0.0741. The third-order valence-electron chi connectivity index (χ3n) is 4.16. The van der Waals surface area contributed by atoms with Crippen LogP contribution in [0, 0.1) is 5.41 Å². The average Bonchev–Trinajstić information content (AvgIpc) is 2.73. The third kappa shape index (κ3) is 7.11. The molecule has 23 heavy (non-hydrogen) atoms. The van der Waals surface area contributed by atoms with Gasteiger partial charge in [0, 0.05) is 0 Å². The first-order valence-corrected chi connectivity index (χ1v) is 9.17. The molecule has 0 saturated heterocycles. The van der Waals surface area contributed by atoms with Crippen LogP contribution in [0.25, 0.3) is 0 Å². The molecule has 4 N–H and O–H groups in total. The van der Waals surface area contributed by atoms with Crippen LogP contribution < -0.4 is 5.73 Å². The molecule has 0 amide bonds. The molecule has 0 aliphatic heterocycles. The van der Waals surface area contributed by atoms with Gasteiger partial charge in [0.1, 0.15) is 0 Å². The molecule has 130 valence electrons. The number of nitrogens with two attached hydrogens (primary N) is 1. The highest BCUT2D eigenvalue weighted by Crippen LogP contribution is 2.36. The predicted molar refractivity (Wildman–Crippen MR) is 87.7 cm³/mol. The van der Waals surface area contributed by atoms with Gasteiger partial charge in [-0.05, 0) is 36.9 Å². The second-order valence-electron chi connectivity index (χ2n) is 5.98. The normalized spacial score (nSPS) is 17.5. The van der Waals surface area contributed by atoms with Gasteiger partial charge in [0.25, 0.3) is 10.1 Å². The monoisotopic (exact) mass is 343 g/mol. The molecule has 0 spiro atoms. The summed E-state index contributed by atoms with van der Waals surface area (Å²) in [6.45, 7) is 0.527. The molecule has 6 nitrogen and oxygen atoms in total. The van der Waals surface area contributed by atoms with Crippen molar-refractivity contribution in [3.63, 3.8) is 0 Å². The number of carbonyl (C=O) groups is 1. The fraction of sp³-hybridized carbons (Fsp3) is 0.562. The Morgan fingerprint density at radius 3 is 1.96 bits per heavy atom. The molecule has 1 aliphatic rings. The number of benzene rings is 1. The molecule has 0 radical (unpaired) electrons. The second kappa shape index (κ2) is 9.00. The van der Waals surface area contributed by atoms with Crippen molar-refractivity contribution in [2.75, 3.05) is 6.54 Å². The Morgan fingerprint density at radius 1 is 1.09 bits per heavy atom. The molecule has 2 rings (SSSR count). The molecule has 0 heterocycles. The first-order valence-electron chi connectivity index (χ1n) is 7.73.